The predicted octanol–water partition coefficient (Wildman–Crippen LogP) is 2.58. The summed E-state index contributed by atoms with van der Waals surface area (Å²) < 4.78 is 0. The molecule has 0 radical (unpaired) electrons. The lowest BCUT2D eigenvalue weighted by Gasteiger charge is -2.30. The Hall–Kier alpha value is -2.70. The van der Waals surface area contributed by atoms with Gasteiger partial charge in [0.05, 0.1) is 5.52 Å². The summed E-state index contributed by atoms with van der Waals surface area (Å²) in [5.74, 6) is 2.89. The Morgan fingerprint density at radius 3 is 2.60 bits per heavy atom. The summed E-state index contributed by atoms with van der Waals surface area (Å²) >= 11 is 0. The topological polar surface area (TPSA) is 90.6 Å². The third kappa shape index (κ3) is 2.59. The van der Waals surface area contributed by atoms with E-state index in [1.165, 1.54) is 12.8 Å². The Morgan fingerprint density at radius 2 is 1.80 bits per heavy atom. The molecule has 7 heteroatoms. The molecule has 0 atom stereocenters. The molecule has 7 nitrogen and oxygen atoms in total. The molecule has 1 aliphatic heterocycles. The van der Waals surface area contributed by atoms with Gasteiger partial charge in [-0.2, -0.15) is 10.2 Å². The monoisotopic (exact) mass is 336 g/mol. The highest BCUT2D eigenvalue weighted by Gasteiger charge is 2.31. The van der Waals surface area contributed by atoms with Crippen molar-refractivity contribution in [2.24, 2.45) is 0 Å². The number of hydrogen-bond acceptors (Lipinski definition) is 4. The molecule has 1 aliphatic carbocycles. The number of aromatic amines is 2. The molecule has 2 fully saturated rings. The van der Waals surface area contributed by atoms with Gasteiger partial charge in [0.15, 0.2) is 11.5 Å². The van der Waals surface area contributed by atoms with Crippen molar-refractivity contribution >= 4 is 16.8 Å². The van der Waals surface area contributed by atoms with Crippen LogP contribution in [-0.2, 0) is 0 Å². The van der Waals surface area contributed by atoms with E-state index >= 15 is 0 Å². The predicted molar refractivity (Wildman–Crippen MR) is 92.3 cm³/mol. The fraction of sp³-hybridized carbons (Fsp3) is 0.444. The minimum atomic E-state index is 0.00661. The van der Waals surface area contributed by atoms with Gasteiger partial charge in [0.2, 0.25) is 0 Å². The van der Waals surface area contributed by atoms with Crippen molar-refractivity contribution in [1.82, 2.24) is 30.3 Å². The van der Waals surface area contributed by atoms with Crippen molar-refractivity contribution < 1.29 is 4.79 Å². The molecule has 0 bridgehead atoms. The lowest BCUT2D eigenvalue weighted by molar-refractivity contribution is 0.0707. The summed E-state index contributed by atoms with van der Waals surface area (Å²) in [5.41, 5.74) is 1.42. The van der Waals surface area contributed by atoms with Gasteiger partial charge in [-0.1, -0.05) is 18.2 Å². The minimum absolute atomic E-state index is 0.00661. The zero-order chi connectivity index (χ0) is 16.8. The Balaban J connectivity index is 1.28. The molecule has 1 saturated heterocycles. The number of rotatable bonds is 3. The maximum Gasteiger partial charge on any atom is 0.274 e. The Labute approximate surface area is 144 Å². The summed E-state index contributed by atoms with van der Waals surface area (Å²) in [7, 11) is 0. The molecule has 3 aromatic rings. The highest BCUT2D eigenvalue weighted by atomic mass is 16.2. The molecule has 2 aliphatic rings. The summed E-state index contributed by atoms with van der Waals surface area (Å²) in [6.45, 7) is 1.45. The largest absolute Gasteiger partial charge is 0.337 e. The lowest BCUT2D eigenvalue weighted by atomic mass is 9.96. The lowest BCUT2D eigenvalue weighted by Crippen LogP contribution is -2.38. The Bertz CT molecular complexity index is 916. The highest BCUT2D eigenvalue weighted by molar-refractivity contribution is 6.04. The van der Waals surface area contributed by atoms with Crippen LogP contribution in [0.2, 0.25) is 0 Å². The molecule has 3 heterocycles. The minimum Gasteiger partial charge on any atom is -0.337 e. The van der Waals surface area contributed by atoms with Gasteiger partial charge in [-0.25, -0.2) is 4.98 Å². The number of hydrogen-bond donors (Lipinski definition) is 2. The van der Waals surface area contributed by atoms with Crippen LogP contribution in [-0.4, -0.2) is 49.3 Å². The number of carbonyl (C=O) groups is 1. The van der Waals surface area contributed by atoms with E-state index in [2.05, 4.69) is 25.4 Å². The molecular weight excluding hydrogens is 316 g/mol. The fourth-order valence-corrected chi connectivity index (χ4v) is 3.63. The van der Waals surface area contributed by atoms with Crippen molar-refractivity contribution in [3.8, 4) is 0 Å². The molecule has 0 spiro atoms. The van der Waals surface area contributed by atoms with Crippen LogP contribution in [0.3, 0.4) is 0 Å². The molecule has 128 valence electrons. The summed E-state index contributed by atoms with van der Waals surface area (Å²) in [6, 6.07) is 7.75. The van der Waals surface area contributed by atoms with Crippen molar-refractivity contribution in [1.29, 1.82) is 0 Å². The van der Waals surface area contributed by atoms with Crippen molar-refractivity contribution in [3.63, 3.8) is 0 Å². The first-order chi connectivity index (χ1) is 12.3. The molecule has 2 aromatic heterocycles. The van der Waals surface area contributed by atoms with Crippen LogP contribution in [0.25, 0.3) is 10.9 Å². The molecule has 1 saturated carbocycles. The fourth-order valence-electron chi connectivity index (χ4n) is 3.63. The maximum atomic E-state index is 12.8. The SMILES string of the molecule is O=C(c1n[nH]c2ccccc12)N1CCC(c2nc(C3CC3)n[nH]2)CC1. The number of nitrogens with one attached hydrogen (secondary N) is 2. The van der Waals surface area contributed by atoms with Crippen molar-refractivity contribution in [2.75, 3.05) is 13.1 Å². The van der Waals surface area contributed by atoms with Gasteiger partial charge in [0.25, 0.3) is 5.91 Å². The van der Waals surface area contributed by atoms with E-state index in [0.29, 0.717) is 17.5 Å². The number of nitrogens with zero attached hydrogens (tertiary/aromatic N) is 4. The molecule has 5 rings (SSSR count). The molecule has 1 aromatic carbocycles. The zero-order valence-corrected chi connectivity index (χ0v) is 13.9. The van der Waals surface area contributed by atoms with E-state index in [0.717, 1.165) is 48.5 Å². The first-order valence-corrected chi connectivity index (χ1v) is 8.94. The standard InChI is InChI=1S/C18H20N6O/c25-18(15-13-3-1-2-4-14(13)20-21-15)24-9-7-12(8-10-24)17-19-16(22-23-17)11-5-6-11/h1-4,11-12H,5-10H2,(H,20,21)(H,19,22,23). The van der Waals surface area contributed by atoms with Crippen LogP contribution in [0.5, 0.6) is 0 Å². The number of likely N-dealkylation sites (tertiary alicyclic amines) is 1. The number of carbonyl (C=O) groups excluding carboxylic acids is 1. The van der Waals surface area contributed by atoms with Crippen LogP contribution < -0.4 is 0 Å². The van der Waals surface area contributed by atoms with E-state index in [1.807, 2.05) is 29.2 Å². The molecule has 25 heavy (non-hydrogen) atoms. The van der Waals surface area contributed by atoms with E-state index in [-0.39, 0.29) is 5.91 Å². The number of aromatic nitrogens is 5. The van der Waals surface area contributed by atoms with Crippen LogP contribution in [0.15, 0.2) is 24.3 Å². The molecule has 2 N–H and O–H groups in total. The van der Waals surface area contributed by atoms with Crippen LogP contribution in [0, 0.1) is 0 Å². The van der Waals surface area contributed by atoms with Crippen LogP contribution in [0.4, 0.5) is 0 Å². The van der Waals surface area contributed by atoms with Crippen LogP contribution >= 0.6 is 0 Å². The zero-order valence-electron chi connectivity index (χ0n) is 13.9. The highest BCUT2D eigenvalue weighted by Crippen LogP contribution is 2.38. The maximum absolute atomic E-state index is 12.8. The molecule has 1 amide bonds. The van der Waals surface area contributed by atoms with Gasteiger partial charge in [-0.05, 0) is 31.7 Å². The average Bonchev–Trinajstić information content (AvgIpc) is 3.23. The third-order valence-electron chi connectivity index (χ3n) is 5.30. The third-order valence-corrected chi connectivity index (χ3v) is 5.30. The number of fused-ring (bicyclic) bond motifs is 1. The average molecular weight is 336 g/mol. The van der Waals surface area contributed by atoms with Gasteiger partial charge in [-0.15, -0.1) is 0 Å². The second-order valence-corrected chi connectivity index (χ2v) is 7.04. The summed E-state index contributed by atoms with van der Waals surface area (Å²) in [4.78, 5) is 19.4. The van der Waals surface area contributed by atoms with Crippen molar-refractivity contribution in [3.05, 3.63) is 41.6 Å². The molecular formula is C18H20N6O. The van der Waals surface area contributed by atoms with Crippen molar-refractivity contribution in [2.45, 2.75) is 37.5 Å². The van der Waals surface area contributed by atoms with E-state index in [4.69, 9.17) is 0 Å². The number of para-hydroxylation sites is 1. The Morgan fingerprint density at radius 1 is 1.00 bits per heavy atom. The normalized spacial score (nSPS) is 18.8. The van der Waals surface area contributed by atoms with E-state index in [9.17, 15) is 4.79 Å². The number of benzene rings is 1. The van der Waals surface area contributed by atoms with Gasteiger partial charge in [0, 0.05) is 30.3 Å². The van der Waals surface area contributed by atoms with E-state index in [1.54, 1.807) is 0 Å². The quantitative estimate of drug-likeness (QED) is 0.769. The number of H-pyrrole nitrogens is 2. The first kappa shape index (κ1) is 14.6. The smallest absolute Gasteiger partial charge is 0.274 e. The Kier molecular flexibility index (Phi) is 3.33. The van der Waals surface area contributed by atoms with Gasteiger partial charge >= 0.3 is 0 Å². The van der Waals surface area contributed by atoms with Gasteiger partial charge in [0.1, 0.15) is 5.82 Å². The number of piperidine rings is 1. The summed E-state index contributed by atoms with van der Waals surface area (Å²) in [5, 5.41) is 15.5. The van der Waals surface area contributed by atoms with E-state index < -0.39 is 0 Å². The second-order valence-electron chi connectivity index (χ2n) is 7.04. The number of amides is 1. The summed E-state index contributed by atoms with van der Waals surface area (Å²) in [6.07, 6.45) is 4.24. The first-order valence-electron chi connectivity index (χ1n) is 8.94. The van der Waals surface area contributed by atoms with Crippen LogP contribution in [0.1, 0.15) is 59.7 Å². The second kappa shape index (κ2) is 5.68. The van der Waals surface area contributed by atoms with Gasteiger partial charge < -0.3 is 4.90 Å². The molecule has 0 unspecified atom stereocenters. The van der Waals surface area contributed by atoms with Gasteiger partial charge in [-0.3, -0.25) is 15.0 Å².